The number of nitrogens with zero attached hydrogens (tertiary/aromatic N) is 2. The molecule has 2 aromatic carbocycles. The molecule has 150 valence electrons. The number of rotatable bonds is 6. The van der Waals surface area contributed by atoms with Gasteiger partial charge >= 0.3 is 0 Å². The van der Waals surface area contributed by atoms with Crippen molar-refractivity contribution in [3.05, 3.63) is 71.3 Å². The third-order valence-corrected chi connectivity index (χ3v) is 4.54. The van der Waals surface area contributed by atoms with Crippen molar-refractivity contribution in [2.45, 2.75) is 59.0 Å². The number of carbonyl (C=O) groups is 1. The van der Waals surface area contributed by atoms with Crippen LogP contribution in [0.15, 0.2) is 59.8 Å². The molecule has 28 heavy (non-hydrogen) atoms. The summed E-state index contributed by atoms with van der Waals surface area (Å²) in [7, 11) is 0. The second-order valence-electron chi connectivity index (χ2n) is 9.02. The van der Waals surface area contributed by atoms with Crippen LogP contribution in [-0.2, 0) is 21.6 Å². The SMILES string of the molecule is CC(C)(C)c1ccc(/C=N\OCC(=O)N(Cc2ccccc2)C(C)(C)C)cc1. The molecule has 0 aliphatic rings. The third kappa shape index (κ3) is 6.52. The Bertz CT molecular complexity index is 782. The molecule has 0 radical (unpaired) electrons. The molecule has 1 amide bonds. The van der Waals surface area contributed by atoms with Crippen molar-refractivity contribution in [2.24, 2.45) is 5.16 Å². The molecule has 2 rings (SSSR count). The van der Waals surface area contributed by atoms with E-state index in [0.717, 1.165) is 11.1 Å². The van der Waals surface area contributed by atoms with Crippen LogP contribution in [0.5, 0.6) is 0 Å². The Hall–Kier alpha value is -2.62. The van der Waals surface area contributed by atoms with Gasteiger partial charge in [-0.1, -0.05) is 80.5 Å². The zero-order chi connectivity index (χ0) is 20.8. The first-order valence-corrected chi connectivity index (χ1v) is 9.67. The van der Waals surface area contributed by atoms with Crippen LogP contribution < -0.4 is 0 Å². The van der Waals surface area contributed by atoms with E-state index in [1.54, 1.807) is 6.21 Å². The molecule has 4 nitrogen and oxygen atoms in total. The lowest BCUT2D eigenvalue weighted by Crippen LogP contribution is -2.46. The lowest BCUT2D eigenvalue weighted by molar-refractivity contribution is -0.141. The van der Waals surface area contributed by atoms with E-state index in [1.165, 1.54) is 5.56 Å². The quantitative estimate of drug-likeness (QED) is 0.513. The van der Waals surface area contributed by atoms with Gasteiger partial charge in [0.05, 0.1) is 6.21 Å². The first-order chi connectivity index (χ1) is 13.1. The number of oxime groups is 1. The molecule has 4 heteroatoms. The fourth-order valence-corrected chi connectivity index (χ4v) is 2.80. The maximum atomic E-state index is 12.7. The number of benzene rings is 2. The van der Waals surface area contributed by atoms with Gasteiger partial charge in [0, 0.05) is 12.1 Å². The Morgan fingerprint density at radius 2 is 1.57 bits per heavy atom. The van der Waals surface area contributed by atoms with Crippen LogP contribution in [0.3, 0.4) is 0 Å². The van der Waals surface area contributed by atoms with Crippen LogP contribution >= 0.6 is 0 Å². The van der Waals surface area contributed by atoms with Crippen molar-refractivity contribution in [3.63, 3.8) is 0 Å². The van der Waals surface area contributed by atoms with Gasteiger partial charge in [-0.25, -0.2) is 0 Å². The molecule has 0 fully saturated rings. The van der Waals surface area contributed by atoms with Gasteiger partial charge < -0.3 is 9.74 Å². The van der Waals surface area contributed by atoms with Crippen LogP contribution in [0, 0.1) is 0 Å². The number of carbonyl (C=O) groups excluding carboxylic acids is 1. The molecule has 0 spiro atoms. The van der Waals surface area contributed by atoms with E-state index in [4.69, 9.17) is 4.84 Å². The highest BCUT2D eigenvalue weighted by atomic mass is 16.6. The van der Waals surface area contributed by atoms with Gasteiger partial charge in [-0.2, -0.15) is 0 Å². The number of amides is 1. The zero-order valence-electron chi connectivity index (χ0n) is 17.9. The summed E-state index contributed by atoms with van der Waals surface area (Å²) >= 11 is 0. The van der Waals surface area contributed by atoms with Crippen LogP contribution in [0.25, 0.3) is 0 Å². The maximum Gasteiger partial charge on any atom is 0.264 e. The van der Waals surface area contributed by atoms with Gasteiger partial charge in [-0.3, -0.25) is 4.79 Å². The summed E-state index contributed by atoms with van der Waals surface area (Å²) in [5.41, 5.74) is 3.12. The smallest absolute Gasteiger partial charge is 0.264 e. The molecule has 0 N–H and O–H groups in total. The standard InChI is InChI=1S/C24H32N2O2/c1-23(2,3)21-14-12-19(13-15-21)16-25-28-18-22(27)26(24(4,5)6)17-20-10-8-7-9-11-20/h7-16H,17-18H2,1-6H3/b25-16-. The summed E-state index contributed by atoms with van der Waals surface area (Å²) < 4.78 is 0. The van der Waals surface area contributed by atoms with E-state index in [2.05, 4.69) is 38.1 Å². The van der Waals surface area contributed by atoms with Crippen molar-refractivity contribution >= 4 is 12.1 Å². The van der Waals surface area contributed by atoms with E-state index >= 15 is 0 Å². The Labute approximate surface area is 169 Å². The van der Waals surface area contributed by atoms with Crippen LogP contribution in [-0.4, -0.2) is 29.2 Å². The maximum absolute atomic E-state index is 12.7. The highest BCUT2D eigenvalue weighted by Gasteiger charge is 2.26. The Kier molecular flexibility index (Phi) is 7.00. The highest BCUT2D eigenvalue weighted by molar-refractivity contribution is 5.80. The van der Waals surface area contributed by atoms with Crippen LogP contribution in [0.1, 0.15) is 58.2 Å². The molecule has 0 heterocycles. The molecule has 0 saturated carbocycles. The molecule has 0 aromatic heterocycles. The summed E-state index contributed by atoms with van der Waals surface area (Å²) in [5.74, 6) is -0.0865. The fraction of sp³-hybridized carbons (Fsp3) is 0.417. The van der Waals surface area contributed by atoms with E-state index in [1.807, 2.05) is 68.1 Å². The lowest BCUT2D eigenvalue weighted by Gasteiger charge is -2.35. The third-order valence-electron chi connectivity index (χ3n) is 4.54. The molecular weight excluding hydrogens is 348 g/mol. The summed E-state index contributed by atoms with van der Waals surface area (Å²) in [6.45, 7) is 13.1. The molecule has 0 saturated heterocycles. The molecular formula is C24H32N2O2. The largest absolute Gasteiger partial charge is 0.386 e. The predicted octanol–water partition coefficient (Wildman–Crippen LogP) is 5.16. The molecule has 0 unspecified atom stereocenters. The topological polar surface area (TPSA) is 41.9 Å². The van der Waals surface area contributed by atoms with Gasteiger partial charge in [0.2, 0.25) is 0 Å². The minimum atomic E-state index is -0.303. The fourth-order valence-electron chi connectivity index (χ4n) is 2.80. The van der Waals surface area contributed by atoms with Gasteiger partial charge in [0.25, 0.3) is 5.91 Å². The second kappa shape index (κ2) is 9.05. The monoisotopic (exact) mass is 380 g/mol. The zero-order valence-corrected chi connectivity index (χ0v) is 17.9. The summed E-state index contributed by atoms with van der Waals surface area (Å²) in [6, 6.07) is 18.2. The minimum Gasteiger partial charge on any atom is -0.386 e. The molecule has 2 aromatic rings. The van der Waals surface area contributed by atoms with Crippen molar-refractivity contribution < 1.29 is 9.63 Å². The molecule has 0 atom stereocenters. The van der Waals surface area contributed by atoms with Crippen molar-refractivity contribution in [1.29, 1.82) is 0 Å². The van der Waals surface area contributed by atoms with Gasteiger partial charge in [0.1, 0.15) is 0 Å². The van der Waals surface area contributed by atoms with Gasteiger partial charge in [-0.15, -0.1) is 0 Å². The summed E-state index contributed by atoms with van der Waals surface area (Å²) in [4.78, 5) is 19.8. The molecule has 0 aliphatic heterocycles. The van der Waals surface area contributed by atoms with Crippen LogP contribution in [0.2, 0.25) is 0 Å². The second-order valence-corrected chi connectivity index (χ2v) is 9.02. The Morgan fingerprint density at radius 1 is 0.964 bits per heavy atom. The molecule has 0 bridgehead atoms. The van der Waals surface area contributed by atoms with Crippen molar-refractivity contribution in [3.8, 4) is 0 Å². The van der Waals surface area contributed by atoms with E-state index in [-0.39, 0.29) is 23.5 Å². The highest BCUT2D eigenvalue weighted by Crippen LogP contribution is 2.22. The average molecular weight is 381 g/mol. The van der Waals surface area contributed by atoms with Gasteiger partial charge in [-0.05, 0) is 42.9 Å². The van der Waals surface area contributed by atoms with Crippen molar-refractivity contribution in [2.75, 3.05) is 6.61 Å². The van der Waals surface area contributed by atoms with Crippen LogP contribution in [0.4, 0.5) is 0 Å². The average Bonchev–Trinajstić information content (AvgIpc) is 2.62. The Balaban J connectivity index is 1.94. The first kappa shape index (κ1) is 21.7. The van der Waals surface area contributed by atoms with Gasteiger partial charge in [0.15, 0.2) is 6.61 Å². The normalized spacial score (nSPS) is 12.2. The summed E-state index contributed by atoms with van der Waals surface area (Å²) in [6.07, 6.45) is 1.64. The van der Waals surface area contributed by atoms with E-state index in [0.29, 0.717) is 6.54 Å². The van der Waals surface area contributed by atoms with E-state index in [9.17, 15) is 4.79 Å². The number of hydrogen-bond donors (Lipinski definition) is 0. The minimum absolute atomic E-state index is 0.0827. The number of hydrogen-bond acceptors (Lipinski definition) is 3. The lowest BCUT2D eigenvalue weighted by atomic mass is 9.87. The van der Waals surface area contributed by atoms with E-state index < -0.39 is 0 Å². The summed E-state index contributed by atoms with van der Waals surface area (Å²) in [5, 5.41) is 3.97. The molecule has 0 aliphatic carbocycles. The predicted molar refractivity (Wildman–Crippen MR) is 115 cm³/mol. The van der Waals surface area contributed by atoms with Crippen molar-refractivity contribution in [1.82, 2.24) is 4.90 Å². The Morgan fingerprint density at radius 3 is 2.11 bits per heavy atom. The first-order valence-electron chi connectivity index (χ1n) is 9.67.